The predicted octanol–water partition coefficient (Wildman–Crippen LogP) is 0.608. The summed E-state index contributed by atoms with van der Waals surface area (Å²) in [5.41, 5.74) is 8.76. The molecule has 1 aliphatic rings. The number of rotatable bonds is 2. The van der Waals surface area contributed by atoms with E-state index in [-0.39, 0.29) is 11.7 Å². The van der Waals surface area contributed by atoms with E-state index < -0.39 is 0 Å². The fraction of sp³-hybridized carbons (Fsp3) is 0.417. The van der Waals surface area contributed by atoms with E-state index in [1.54, 1.807) is 0 Å². The maximum absolute atomic E-state index is 11.2. The lowest BCUT2D eigenvalue weighted by molar-refractivity contribution is 0.501. The van der Waals surface area contributed by atoms with Crippen molar-refractivity contribution in [2.45, 2.75) is 24.9 Å². The molecule has 2 aromatic rings. The van der Waals surface area contributed by atoms with Gasteiger partial charge in [0.1, 0.15) is 0 Å². The number of nitrogens with one attached hydrogen (secondary N) is 3. The Kier molecular flexibility index (Phi) is 2.49. The van der Waals surface area contributed by atoms with E-state index in [1.165, 1.54) is 6.42 Å². The summed E-state index contributed by atoms with van der Waals surface area (Å²) in [5, 5.41) is 3.40. The monoisotopic (exact) mass is 232 g/mol. The van der Waals surface area contributed by atoms with Crippen LogP contribution in [-0.4, -0.2) is 22.6 Å². The van der Waals surface area contributed by atoms with Crippen LogP contribution in [0.25, 0.3) is 11.0 Å². The first-order chi connectivity index (χ1) is 8.24. The molecule has 5 nitrogen and oxygen atoms in total. The molecule has 0 radical (unpaired) electrons. The first kappa shape index (κ1) is 10.6. The molecule has 5 heteroatoms. The zero-order valence-corrected chi connectivity index (χ0v) is 9.49. The molecule has 2 unspecified atom stereocenters. The normalized spacial score (nSPS) is 22.1. The van der Waals surface area contributed by atoms with Crippen molar-refractivity contribution in [2.24, 2.45) is 5.73 Å². The van der Waals surface area contributed by atoms with Gasteiger partial charge in [0.2, 0.25) is 0 Å². The van der Waals surface area contributed by atoms with Crippen molar-refractivity contribution in [3.8, 4) is 0 Å². The first-order valence-corrected chi connectivity index (χ1v) is 5.95. The van der Waals surface area contributed by atoms with Gasteiger partial charge < -0.3 is 21.0 Å². The zero-order valence-electron chi connectivity index (χ0n) is 9.49. The van der Waals surface area contributed by atoms with Gasteiger partial charge in [-0.3, -0.25) is 0 Å². The third-order valence-corrected chi connectivity index (χ3v) is 3.46. The van der Waals surface area contributed by atoms with Crippen LogP contribution in [0, 0.1) is 0 Å². The lowest BCUT2D eigenvalue weighted by Crippen LogP contribution is -2.34. The number of H-pyrrole nitrogens is 2. The molecule has 90 valence electrons. The molecular formula is C12H16N4O. The second-order valence-electron chi connectivity index (χ2n) is 4.61. The molecule has 1 saturated heterocycles. The van der Waals surface area contributed by atoms with Crippen molar-refractivity contribution >= 4 is 11.0 Å². The fourth-order valence-electron chi connectivity index (χ4n) is 2.51. The van der Waals surface area contributed by atoms with Crippen LogP contribution in [-0.2, 0) is 0 Å². The highest BCUT2D eigenvalue weighted by atomic mass is 16.1. The molecule has 0 aliphatic carbocycles. The van der Waals surface area contributed by atoms with Crippen LogP contribution in [0.2, 0.25) is 0 Å². The SMILES string of the molecule is NC(c1ccc2[nH]c(=O)[nH]c2c1)C1CCCN1. The number of imidazole rings is 1. The number of aromatic amines is 2. The van der Waals surface area contributed by atoms with Gasteiger partial charge in [-0.15, -0.1) is 0 Å². The number of hydrogen-bond acceptors (Lipinski definition) is 3. The quantitative estimate of drug-likeness (QED) is 0.612. The summed E-state index contributed by atoms with van der Waals surface area (Å²) in [6.45, 7) is 1.04. The first-order valence-electron chi connectivity index (χ1n) is 5.95. The lowest BCUT2D eigenvalue weighted by atomic mass is 9.99. The summed E-state index contributed by atoms with van der Waals surface area (Å²) >= 11 is 0. The van der Waals surface area contributed by atoms with Gasteiger partial charge in [-0.25, -0.2) is 4.79 Å². The van der Waals surface area contributed by atoms with Crippen molar-refractivity contribution in [3.63, 3.8) is 0 Å². The molecule has 3 rings (SSSR count). The number of fused-ring (bicyclic) bond motifs is 1. The molecule has 1 aliphatic heterocycles. The summed E-state index contributed by atoms with van der Waals surface area (Å²) in [5.74, 6) is 0. The Morgan fingerprint density at radius 1 is 1.29 bits per heavy atom. The summed E-state index contributed by atoms with van der Waals surface area (Å²) in [7, 11) is 0. The third kappa shape index (κ3) is 1.87. The molecule has 5 N–H and O–H groups in total. The highest BCUT2D eigenvalue weighted by molar-refractivity contribution is 5.75. The zero-order chi connectivity index (χ0) is 11.8. The molecule has 1 aromatic carbocycles. The van der Waals surface area contributed by atoms with Crippen molar-refractivity contribution < 1.29 is 0 Å². The van der Waals surface area contributed by atoms with E-state index >= 15 is 0 Å². The summed E-state index contributed by atoms with van der Waals surface area (Å²) in [6.07, 6.45) is 2.30. The van der Waals surface area contributed by atoms with E-state index in [0.717, 1.165) is 29.6 Å². The van der Waals surface area contributed by atoms with Gasteiger partial charge in [-0.2, -0.15) is 0 Å². The van der Waals surface area contributed by atoms with E-state index in [1.807, 2.05) is 18.2 Å². The second kappa shape index (κ2) is 4.01. The molecular weight excluding hydrogens is 216 g/mol. The number of aromatic nitrogens is 2. The molecule has 0 amide bonds. The van der Waals surface area contributed by atoms with Gasteiger partial charge in [0, 0.05) is 12.1 Å². The van der Waals surface area contributed by atoms with E-state index in [9.17, 15) is 4.79 Å². The Morgan fingerprint density at radius 3 is 2.88 bits per heavy atom. The van der Waals surface area contributed by atoms with Crippen LogP contribution >= 0.6 is 0 Å². The topological polar surface area (TPSA) is 86.7 Å². The fourth-order valence-corrected chi connectivity index (χ4v) is 2.51. The van der Waals surface area contributed by atoms with Crippen LogP contribution in [0.3, 0.4) is 0 Å². The van der Waals surface area contributed by atoms with Crippen LogP contribution in [0.1, 0.15) is 24.4 Å². The minimum atomic E-state index is -0.176. The van der Waals surface area contributed by atoms with Gasteiger partial charge in [0.25, 0.3) is 0 Å². The Balaban J connectivity index is 1.96. The minimum absolute atomic E-state index is 0.0136. The van der Waals surface area contributed by atoms with Crippen molar-refractivity contribution in [1.29, 1.82) is 0 Å². The molecule has 2 atom stereocenters. The number of benzene rings is 1. The van der Waals surface area contributed by atoms with Crippen molar-refractivity contribution in [1.82, 2.24) is 15.3 Å². The summed E-state index contributed by atoms with van der Waals surface area (Å²) in [4.78, 5) is 16.7. The van der Waals surface area contributed by atoms with Crippen LogP contribution in [0.5, 0.6) is 0 Å². The van der Waals surface area contributed by atoms with Crippen LogP contribution in [0.15, 0.2) is 23.0 Å². The van der Waals surface area contributed by atoms with Gasteiger partial charge in [-0.05, 0) is 37.1 Å². The molecule has 1 fully saturated rings. The molecule has 2 heterocycles. The molecule has 1 aromatic heterocycles. The Bertz CT molecular complexity index is 579. The van der Waals surface area contributed by atoms with Gasteiger partial charge in [0.05, 0.1) is 11.0 Å². The van der Waals surface area contributed by atoms with E-state index in [2.05, 4.69) is 15.3 Å². The number of hydrogen-bond donors (Lipinski definition) is 4. The van der Waals surface area contributed by atoms with Crippen molar-refractivity contribution in [2.75, 3.05) is 6.54 Å². The van der Waals surface area contributed by atoms with Gasteiger partial charge >= 0.3 is 5.69 Å². The maximum atomic E-state index is 11.2. The highest BCUT2D eigenvalue weighted by Gasteiger charge is 2.22. The predicted molar refractivity (Wildman–Crippen MR) is 66.9 cm³/mol. The molecule has 0 saturated carbocycles. The third-order valence-electron chi connectivity index (χ3n) is 3.46. The second-order valence-corrected chi connectivity index (χ2v) is 4.61. The Hall–Kier alpha value is -1.59. The molecule has 0 bridgehead atoms. The molecule has 17 heavy (non-hydrogen) atoms. The average molecular weight is 232 g/mol. The minimum Gasteiger partial charge on any atom is -0.323 e. The van der Waals surface area contributed by atoms with E-state index in [4.69, 9.17) is 5.73 Å². The van der Waals surface area contributed by atoms with Crippen LogP contribution in [0.4, 0.5) is 0 Å². The van der Waals surface area contributed by atoms with Gasteiger partial charge in [0.15, 0.2) is 0 Å². The molecule has 0 spiro atoms. The van der Waals surface area contributed by atoms with Crippen molar-refractivity contribution in [3.05, 3.63) is 34.2 Å². The Morgan fingerprint density at radius 2 is 2.12 bits per heavy atom. The lowest BCUT2D eigenvalue weighted by Gasteiger charge is -2.19. The van der Waals surface area contributed by atoms with Crippen LogP contribution < -0.4 is 16.7 Å². The summed E-state index contributed by atoms with van der Waals surface area (Å²) < 4.78 is 0. The average Bonchev–Trinajstić information content (AvgIpc) is 2.94. The maximum Gasteiger partial charge on any atom is 0.323 e. The standard InChI is InChI=1S/C12H16N4O/c13-11(9-2-1-5-14-9)7-3-4-8-10(6-7)16-12(17)15-8/h3-4,6,9,11,14H,1-2,5,13H2,(H2,15,16,17). The number of nitrogens with two attached hydrogens (primary N) is 1. The van der Waals surface area contributed by atoms with Gasteiger partial charge in [-0.1, -0.05) is 6.07 Å². The van der Waals surface area contributed by atoms with E-state index in [0.29, 0.717) is 6.04 Å². The Labute approximate surface area is 98.4 Å². The smallest absolute Gasteiger partial charge is 0.323 e. The summed E-state index contributed by atoms with van der Waals surface area (Å²) in [6, 6.07) is 6.17. The largest absolute Gasteiger partial charge is 0.323 e. The highest BCUT2D eigenvalue weighted by Crippen LogP contribution is 2.22.